The summed E-state index contributed by atoms with van der Waals surface area (Å²) in [6, 6.07) is 9.98. The molecule has 0 amide bonds. The zero-order valence-corrected chi connectivity index (χ0v) is 9.31. The Morgan fingerprint density at radius 1 is 1.29 bits per heavy atom. The zero-order valence-electron chi connectivity index (χ0n) is 9.31. The van der Waals surface area contributed by atoms with Gasteiger partial charge in [-0.25, -0.2) is 14.4 Å². The summed E-state index contributed by atoms with van der Waals surface area (Å²) in [5, 5.41) is 8.63. The standard InChI is InChI=1S/C13H10FN3/c1-9-7-12(17-13(16-9)5-6-15)10-3-2-4-11(14)8-10/h2-4,7-8H,5H2,1H3. The number of nitriles is 1. The van der Waals surface area contributed by atoms with Crippen LogP contribution in [-0.4, -0.2) is 9.97 Å². The van der Waals surface area contributed by atoms with Crippen molar-refractivity contribution in [3.63, 3.8) is 0 Å². The average Bonchev–Trinajstić information content (AvgIpc) is 2.28. The molecule has 0 bridgehead atoms. The van der Waals surface area contributed by atoms with Crippen LogP contribution in [0.25, 0.3) is 11.3 Å². The van der Waals surface area contributed by atoms with E-state index in [1.165, 1.54) is 12.1 Å². The second-order valence-electron chi connectivity index (χ2n) is 3.66. The van der Waals surface area contributed by atoms with E-state index in [2.05, 4.69) is 9.97 Å². The monoisotopic (exact) mass is 227 g/mol. The lowest BCUT2D eigenvalue weighted by atomic mass is 10.1. The Morgan fingerprint density at radius 2 is 2.12 bits per heavy atom. The van der Waals surface area contributed by atoms with Gasteiger partial charge in [0.25, 0.3) is 0 Å². The summed E-state index contributed by atoms with van der Waals surface area (Å²) < 4.78 is 13.1. The van der Waals surface area contributed by atoms with Crippen molar-refractivity contribution in [2.45, 2.75) is 13.3 Å². The maximum absolute atomic E-state index is 13.1. The lowest BCUT2D eigenvalue weighted by molar-refractivity contribution is 0.628. The van der Waals surface area contributed by atoms with Crippen molar-refractivity contribution in [1.82, 2.24) is 9.97 Å². The molecule has 0 aliphatic carbocycles. The quantitative estimate of drug-likeness (QED) is 0.792. The number of aryl methyl sites for hydroxylation is 1. The molecule has 2 aromatic rings. The van der Waals surface area contributed by atoms with Crippen molar-refractivity contribution in [1.29, 1.82) is 5.26 Å². The van der Waals surface area contributed by atoms with E-state index < -0.39 is 0 Å². The van der Waals surface area contributed by atoms with Gasteiger partial charge >= 0.3 is 0 Å². The minimum Gasteiger partial charge on any atom is -0.237 e. The Morgan fingerprint density at radius 3 is 2.82 bits per heavy atom. The summed E-state index contributed by atoms with van der Waals surface area (Å²) in [7, 11) is 0. The van der Waals surface area contributed by atoms with Gasteiger partial charge in [-0.15, -0.1) is 0 Å². The molecule has 0 aliphatic rings. The van der Waals surface area contributed by atoms with Gasteiger partial charge in [0.2, 0.25) is 0 Å². The molecule has 0 radical (unpaired) electrons. The fourth-order valence-corrected chi connectivity index (χ4v) is 1.58. The Kier molecular flexibility index (Phi) is 3.10. The summed E-state index contributed by atoms with van der Waals surface area (Å²) in [6.45, 7) is 1.82. The Balaban J connectivity index is 2.49. The van der Waals surface area contributed by atoms with Crippen molar-refractivity contribution in [3.05, 3.63) is 47.7 Å². The third-order valence-corrected chi connectivity index (χ3v) is 2.26. The van der Waals surface area contributed by atoms with E-state index >= 15 is 0 Å². The molecule has 1 aromatic carbocycles. The maximum atomic E-state index is 13.1. The fraction of sp³-hybridized carbons (Fsp3) is 0.154. The first-order chi connectivity index (χ1) is 8.19. The van der Waals surface area contributed by atoms with Crippen LogP contribution in [0.4, 0.5) is 4.39 Å². The highest BCUT2D eigenvalue weighted by Crippen LogP contribution is 2.18. The van der Waals surface area contributed by atoms with Gasteiger partial charge < -0.3 is 0 Å². The molecular formula is C13H10FN3. The molecule has 3 nitrogen and oxygen atoms in total. The molecule has 1 heterocycles. The van der Waals surface area contributed by atoms with Gasteiger partial charge in [0.05, 0.1) is 18.2 Å². The number of hydrogen-bond acceptors (Lipinski definition) is 3. The minimum absolute atomic E-state index is 0.157. The first kappa shape index (κ1) is 11.2. The van der Waals surface area contributed by atoms with E-state index in [1.54, 1.807) is 18.2 Å². The Bertz CT molecular complexity index is 587. The number of halogens is 1. The highest BCUT2D eigenvalue weighted by molar-refractivity contribution is 5.59. The highest BCUT2D eigenvalue weighted by Gasteiger charge is 2.05. The summed E-state index contributed by atoms with van der Waals surface area (Å²) in [5.41, 5.74) is 2.10. The summed E-state index contributed by atoms with van der Waals surface area (Å²) in [6.07, 6.45) is 0.157. The average molecular weight is 227 g/mol. The van der Waals surface area contributed by atoms with E-state index in [0.29, 0.717) is 17.1 Å². The smallest absolute Gasteiger partial charge is 0.143 e. The van der Waals surface area contributed by atoms with Gasteiger partial charge in [-0.2, -0.15) is 5.26 Å². The summed E-state index contributed by atoms with van der Waals surface area (Å²) in [5.74, 6) is 0.160. The molecule has 17 heavy (non-hydrogen) atoms. The van der Waals surface area contributed by atoms with E-state index in [-0.39, 0.29) is 12.2 Å². The van der Waals surface area contributed by atoms with Crippen LogP contribution in [0, 0.1) is 24.1 Å². The molecule has 0 atom stereocenters. The first-order valence-corrected chi connectivity index (χ1v) is 5.16. The van der Waals surface area contributed by atoms with Gasteiger partial charge in [-0.3, -0.25) is 0 Å². The molecule has 0 spiro atoms. The van der Waals surface area contributed by atoms with Crippen LogP contribution in [0.2, 0.25) is 0 Å². The van der Waals surface area contributed by atoms with Gasteiger partial charge in [0.15, 0.2) is 0 Å². The van der Waals surface area contributed by atoms with E-state index in [0.717, 1.165) is 5.69 Å². The van der Waals surface area contributed by atoms with E-state index in [1.807, 2.05) is 13.0 Å². The van der Waals surface area contributed by atoms with Gasteiger partial charge in [0.1, 0.15) is 11.6 Å². The van der Waals surface area contributed by atoms with Crippen molar-refractivity contribution in [2.75, 3.05) is 0 Å². The van der Waals surface area contributed by atoms with Crippen LogP contribution >= 0.6 is 0 Å². The Labute approximate surface area is 98.6 Å². The molecule has 0 fully saturated rings. The molecule has 0 N–H and O–H groups in total. The third-order valence-electron chi connectivity index (χ3n) is 2.26. The van der Waals surface area contributed by atoms with Gasteiger partial charge in [-0.1, -0.05) is 12.1 Å². The largest absolute Gasteiger partial charge is 0.237 e. The van der Waals surface area contributed by atoms with Crippen molar-refractivity contribution >= 4 is 0 Å². The highest BCUT2D eigenvalue weighted by atomic mass is 19.1. The number of aromatic nitrogens is 2. The van der Waals surface area contributed by atoms with Crippen LogP contribution in [0.3, 0.4) is 0 Å². The summed E-state index contributed by atoms with van der Waals surface area (Å²) in [4.78, 5) is 8.38. The molecule has 84 valence electrons. The molecule has 0 saturated carbocycles. The topological polar surface area (TPSA) is 49.6 Å². The van der Waals surface area contributed by atoms with Crippen molar-refractivity contribution in [3.8, 4) is 17.3 Å². The summed E-state index contributed by atoms with van der Waals surface area (Å²) >= 11 is 0. The molecular weight excluding hydrogens is 217 g/mol. The molecule has 0 unspecified atom stereocenters. The van der Waals surface area contributed by atoms with Gasteiger partial charge in [0, 0.05) is 11.3 Å². The Hall–Kier alpha value is -2.28. The predicted octanol–water partition coefficient (Wildman–Crippen LogP) is 2.66. The zero-order chi connectivity index (χ0) is 12.3. The maximum Gasteiger partial charge on any atom is 0.143 e. The van der Waals surface area contributed by atoms with Crippen LogP contribution in [0.1, 0.15) is 11.5 Å². The van der Waals surface area contributed by atoms with Crippen LogP contribution in [0.5, 0.6) is 0 Å². The lowest BCUT2D eigenvalue weighted by Crippen LogP contribution is -1.98. The second-order valence-corrected chi connectivity index (χ2v) is 3.66. The van der Waals surface area contributed by atoms with Crippen molar-refractivity contribution < 1.29 is 4.39 Å². The lowest BCUT2D eigenvalue weighted by Gasteiger charge is -2.04. The first-order valence-electron chi connectivity index (χ1n) is 5.16. The van der Waals surface area contributed by atoms with Crippen LogP contribution < -0.4 is 0 Å². The predicted molar refractivity (Wildman–Crippen MR) is 61.5 cm³/mol. The number of benzene rings is 1. The van der Waals surface area contributed by atoms with Crippen LogP contribution in [-0.2, 0) is 6.42 Å². The van der Waals surface area contributed by atoms with Gasteiger partial charge in [-0.05, 0) is 25.1 Å². The SMILES string of the molecule is Cc1cc(-c2cccc(F)c2)nc(CC#N)n1. The normalized spacial score (nSPS) is 9.94. The fourth-order valence-electron chi connectivity index (χ4n) is 1.58. The molecule has 4 heteroatoms. The van der Waals surface area contributed by atoms with E-state index in [4.69, 9.17) is 5.26 Å². The molecule has 1 aromatic heterocycles. The van der Waals surface area contributed by atoms with E-state index in [9.17, 15) is 4.39 Å². The number of rotatable bonds is 2. The number of hydrogen-bond donors (Lipinski definition) is 0. The van der Waals surface area contributed by atoms with Crippen LogP contribution in [0.15, 0.2) is 30.3 Å². The molecule has 0 saturated heterocycles. The molecule has 0 aliphatic heterocycles. The number of nitrogens with zero attached hydrogens (tertiary/aromatic N) is 3. The molecule has 2 rings (SSSR count). The van der Waals surface area contributed by atoms with Crippen molar-refractivity contribution in [2.24, 2.45) is 0 Å². The second kappa shape index (κ2) is 4.71. The third kappa shape index (κ3) is 2.64. The minimum atomic E-state index is -0.305.